The van der Waals surface area contributed by atoms with Gasteiger partial charge in [0.15, 0.2) is 3.51 Å². The van der Waals surface area contributed by atoms with Crippen molar-refractivity contribution in [2.75, 3.05) is 0 Å². The van der Waals surface area contributed by atoms with Gasteiger partial charge < -0.3 is 9.47 Å². The number of hydrogen-bond acceptors (Lipinski definition) is 5. The summed E-state index contributed by atoms with van der Waals surface area (Å²) < 4.78 is 13.2. The molecule has 4 aliphatic carbocycles. The third kappa shape index (κ3) is 2.49. The third-order valence-corrected chi connectivity index (χ3v) is 9.62. The maximum absolute atomic E-state index is 12.9. The number of ether oxygens (including phenoxy) is 2. The Morgan fingerprint density at radius 1 is 0.929 bits per heavy atom. The van der Waals surface area contributed by atoms with Crippen LogP contribution in [-0.4, -0.2) is 26.2 Å². The van der Waals surface area contributed by atoms with Crippen LogP contribution in [0.3, 0.4) is 0 Å². The Bertz CT molecular complexity index is 996. The van der Waals surface area contributed by atoms with E-state index in [1.54, 1.807) is 6.20 Å². The average Bonchev–Trinajstić information content (AvgIpc) is 2.68. The summed E-state index contributed by atoms with van der Waals surface area (Å²) in [5.74, 6) is -0.0664. The van der Waals surface area contributed by atoms with E-state index in [1.807, 2.05) is 30.3 Å². The molecular formula is C22H20INO4. The van der Waals surface area contributed by atoms with Crippen molar-refractivity contribution in [2.45, 2.75) is 37.9 Å². The number of pyridine rings is 1. The number of rotatable bonds is 1. The van der Waals surface area contributed by atoms with Crippen molar-refractivity contribution in [1.82, 2.24) is 4.98 Å². The molecule has 1 aromatic heterocycles. The zero-order chi connectivity index (χ0) is 18.9. The molecule has 0 N–H and O–H groups in total. The van der Waals surface area contributed by atoms with Crippen LogP contribution in [0.1, 0.15) is 32.1 Å². The molecule has 5 aliphatic rings. The summed E-state index contributed by atoms with van der Waals surface area (Å²) >= 11 is -0.965. The summed E-state index contributed by atoms with van der Waals surface area (Å²) in [7, 11) is 0. The van der Waals surface area contributed by atoms with Gasteiger partial charge in [-0.25, -0.2) is 9.59 Å². The molecule has 7 rings (SSSR count). The topological polar surface area (TPSA) is 65.5 Å². The van der Waals surface area contributed by atoms with Gasteiger partial charge >= 0.3 is 11.9 Å². The van der Waals surface area contributed by atoms with Crippen molar-refractivity contribution in [3.63, 3.8) is 0 Å². The van der Waals surface area contributed by atoms with Crippen LogP contribution < -0.4 is 0 Å². The van der Waals surface area contributed by atoms with E-state index in [1.165, 1.54) is 6.42 Å². The van der Waals surface area contributed by atoms with Crippen LogP contribution in [0.5, 0.6) is 0 Å². The molecule has 1 spiro atoms. The molecule has 144 valence electrons. The zero-order valence-corrected chi connectivity index (χ0v) is 17.4. The van der Waals surface area contributed by atoms with Gasteiger partial charge in [0.2, 0.25) is 0 Å². The number of halogens is 1. The first-order valence-electron chi connectivity index (χ1n) is 9.94. The number of carbonyl (C=O) groups is 2. The van der Waals surface area contributed by atoms with Gasteiger partial charge in [0.05, 0.1) is 5.52 Å². The maximum Gasteiger partial charge on any atom is 0.354 e. The molecule has 5 nitrogen and oxygen atoms in total. The van der Waals surface area contributed by atoms with E-state index >= 15 is 0 Å². The minimum absolute atomic E-state index is 0.183. The quantitative estimate of drug-likeness (QED) is 0.451. The summed E-state index contributed by atoms with van der Waals surface area (Å²) in [4.78, 5) is 30.2. The Hall–Kier alpha value is -1.83. The Labute approximate surface area is 172 Å². The summed E-state index contributed by atoms with van der Waals surface area (Å²) in [6.45, 7) is 0. The molecule has 1 saturated heterocycles. The van der Waals surface area contributed by atoms with Gasteiger partial charge in [0.1, 0.15) is 0 Å². The Morgan fingerprint density at radius 2 is 1.61 bits per heavy atom. The normalized spacial score (nSPS) is 36.1. The first kappa shape index (κ1) is 17.1. The molecule has 2 aromatic rings. The van der Waals surface area contributed by atoms with E-state index in [0.29, 0.717) is 0 Å². The number of carbonyl (C=O) groups excluding carboxylic acids is 2. The van der Waals surface area contributed by atoms with Crippen molar-refractivity contribution < 1.29 is 19.1 Å². The highest BCUT2D eigenvalue weighted by molar-refractivity contribution is 14.2. The third-order valence-electron chi connectivity index (χ3n) is 6.91. The van der Waals surface area contributed by atoms with Gasteiger partial charge in [-0.1, -0.05) is 26.8 Å². The highest BCUT2D eigenvalue weighted by Crippen LogP contribution is 2.60. The molecule has 0 radical (unpaired) electrons. The lowest BCUT2D eigenvalue weighted by molar-refractivity contribution is -0.308. The highest BCUT2D eigenvalue weighted by Gasteiger charge is 2.64. The Kier molecular flexibility index (Phi) is 3.71. The minimum Gasteiger partial charge on any atom is -0.418 e. The van der Waals surface area contributed by atoms with Crippen molar-refractivity contribution in [3.8, 4) is 0 Å². The SMILES string of the molecule is O=C1OC2(OC(=O)C1=Ic1ccc3ncccc3c1)C1CC3CC(C1)CC2C3. The van der Waals surface area contributed by atoms with E-state index in [9.17, 15) is 9.59 Å². The monoisotopic (exact) mass is 489 g/mol. The van der Waals surface area contributed by atoms with Gasteiger partial charge in [-0.2, -0.15) is 0 Å². The molecule has 0 atom stereocenters. The van der Waals surface area contributed by atoms with Gasteiger partial charge in [-0.3, -0.25) is 4.98 Å². The maximum atomic E-state index is 12.9. The second-order valence-corrected chi connectivity index (χ2v) is 11.4. The van der Waals surface area contributed by atoms with Crippen LogP contribution >= 0.6 is 20.7 Å². The molecule has 28 heavy (non-hydrogen) atoms. The summed E-state index contributed by atoms with van der Waals surface area (Å²) in [6, 6.07) is 9.77. The highest BCUT2D eigenvalue weighted by atomic mass is 127. The van der Waals surface area contributed by atoms with Gasteiger partial charge in [0.25, 0.3) is 5.79 Å². The molecule has 4 bridgehead atoms. The fourth-order valence-corrected chi connectivity index (χ4v) is 8.08. The lowest BCUT2D eigenvalue weighted by Gasteiger charge is -2.59. The number of hydrogen-bond donors (Lipinski definition) is 0. The van der Waals surface area contributed by atoms with Gasteiger partial charge in [-0.05, 0) is 68.2 Å². The van der Waals surface area contributed by atoms with E-state index in [0.717, 1.165) is 52.0 Å². The first-order chi connectivity index (χ1) is 13.6. The lowest BCUT2D eigenvalue weighted by atomic mass is 9.53. The Morgan fingerprint density at radius 3 is 2.29 bits per heavy atom. The van der Waals surface area contributed by atoms with E-state index in [4.69, 9.17) is 9.47 Å². The van der Waals surface area contributed by atoms with Crippen molar-refractivity contribution in [3.05, 3.63) is 40.1 Å². The van der Waals surface area contributed by atoms with Crippen molar-refractivity contribution in [1.29, 1.82) is 0 Å². The van der Waals surface area contributed by atoms with Crippen LogP contribution in [0.2, 0.25) is 0 Å². The average molecular weight is 489 g/mol. The summed E-state index contributed by atoms with van der Waals surface area (Å²) in [5, 5.41) is 1.01. The second-order valence-electron chi connectivity index (χ2n) is 8.55. The molecule has 6 heteroatoms. The number of aromatic nitrogens is 1. The minimum atomic E-state index is -0.984. The van der Waals surface area contributed by atoms with Gasteiger partial charge in [-0.15, -0.1) is 0 Å². The molecule has 0 amide bonds. The zero-order valence-electron chi connectivity index (χ0n) is 15.3. The van der Waals surface area contributed by atoms with Crippen LogP contribution in [-0.2, 0) is 19.1 Å². The second kappa shape index (κ2) is 6.08. The number of fused-ring (bicyclic) bond motifs is 1. The fraction of sp³-hybridized carbons (Fsp3) is 0.455. The molecule has 0 unspecified atom stereocenters. The number of benzene rings is 1. The van der Waals surface area contributed by atoms with E-state index in [2.05, 4.69) is 4.98 Å². The summed E-state index contributed by atoms with van der Waals surface area (Å²) in [5.41, 5.74) is 0.904. The van der Waals surface area contributed by atoms with Crippen LogP contribution in [0.25, 0.3) is 10.9 Å². The van der Waals surface area contributed by atoms with Crippen LogP contribution in [0.4, 0.5) is 0 Å². The fourth-order valence-electron chi connectivity index (χ4n) is 5.95. The molecule has 1 aliphatic heterocycles. The molecule has 4 saturated carbocycles. The smallest absolute Gasteiger partial charge is 0.354 e. The summed E-state index contributed by atoms with van der Waals surface area (Å²) in [6.07, 6.45) is 7.15. The number of nitrogens with zero attached hydrogens (tertiary/aromatic N) is 1. The number of esters is 2. The molecular weight excluding hydrogens is 469 g/mol. The largest absolute Gasteiger partial charge is 0.418 e. The molecule has 5 fully saturated rings. The van der Waals surface area contributed by atoms with Gasteiger partial charge in [0, 0.05) is 27.0 Å². The van der Waals surface area contributed by atoms with Crippen LogP contribution in [0.15, 0.2) is 36.5 Å². The van der Waals surface area contributed by atoms with E-state index < -0.39 is 38.5 Å². The first-order valence-corrected chi connectivity index (χ1v) is 12.1. The molecule has 1 aromatic carbocycles. The predicted molar refractivity (Wildman–Crippen MR) is 111 cm³/mol. The molecule has 2 heterocycles. The van der Waals surface area contributed by atoms with E-state index in [-0.39, 0.29) is 15.3 Å². The standard InChI is InChI=1S/C22H20INO4/c25-20-19(23-17-3-4-18-14(11-17)2-1-5-24-18)21(26)28-22(27-20)15-7-12-6-13(9-15)10-16(22)8-12/h1-5,11-13,15-16H,6-10H2. The Balaban J connectivity index is 1.33. The lowest BCUT2D eigenvalue weighted by Crippen LogP contribution is -2.65. The van der Waals surface area contributed by atoms with Crippen LogP contribution in [0, 0.1) is 27.2 Å². The predicted octanol–water partition coefficient (Wildman–Crippen LogP) is 3.80. The van der Waals surface area contributed by atoms with Crippen molar-refractivity contribution in [2.24, 2.45) is 23.7 Å². The van der Waals surface area contributed by atoms with Crippen molar-refractivity contribution >= 4 is 47.1 Å².